The van der Waals surface area contributed by atoms with Gasteiger partial charge in [-0.05, 0) is 13.8 Å². The molecular formula is C15H24O8. The highest BCUT2D eigenvalue weighted by Crippen LogP contribution is 2.48. The second-order valence-corrected chi connectivity index (χ2v) is 7.33. The molecule has 0 aromatic rings. The molecule has 3 saturated heterocycles. The van der Waals surface area contributed by atoms with E-state index < -0.39 is 53.8 Å². The van der Waals surface area contributed by atoms with Crippen LogP contribution in [0.1, 0.15) is 27.7 Å². The first-order valence-corrected chi connectivity index (χ1v) is 7.74. The Morgan fingerprint density at radius 1 is 1.04 bits per heavy atom. The minimum atomic E-state index is -1.10. The fourth-order valence-electron chi connectivity index (χ4n) is 3.07. The van der Waals surface area contributed by atoms with E-state index in [4.69, 9.17) is 23.7 Å². The Bertz CT molecular complexity index is 476. The number of carboxylic acid groups (broad SMARTS) is 1. The third-order valence-electron chi connectivity index (χ3n) is 5.56. The van der Waals surface area contributed by atoms with Gasteiger partial charge < -0.3 is 33.9 Å². The van der Waals surface area contributed by atoms with Crippen LogP contribution < -0.4 is 0 Å². The molecule has 23 heavy (non-hydrogen) atoms. The van der Waals surface area contributed by atoms with Crippen molar-refractivity contribution in [2.45, 2.75) is 64.7 Å². The summed E-state index contributed by atoms with van der Waals surface area (Å²) in [5.74, 6) is -0.946. The number of carboxylic acids is 1. The predicted octanol–water partition coefficient (Wildman–Crippen LogP) is 0.324. The molecule has 0 spiro atoms. The smallest absolute Gasteiger partial charge is 0.309 e. The molecule has 3 heterocycles. The Labute approximate surface area is 134 Å². The van der Waals surface area contributed by atoms with E-state index in [1.807, 2.05) is 0 Å². The van der Waals surface area contributed by atoms with Gasteiger partial charge in [-0.2, -0.15) is 0 Å². The monoisotopic (exact) mass is 332 g/mol. The van der Waals surface area contributed by atoms with Crippen LogP contribution in [-0.4, -0.2) is 66.6 Å². The van der Waals surface area contributed by atoms with Crippen LogP contribution in [0.5, 0.6) is 0 Å². The van der Waals surface area contributed by atoms with E-state index in [2.05, 4.69) is 0 Å². The van der Waals surface area contributed by atoms with E-state index in [-0.39, 0.29) is 13.4 Å². The number of aliphatic carboxylic acids is 1. The molecule has 0 saturated carbocycles. The Hall–Kier alpha value is -0.770. The van der Waals surface area contributed by atoms with E-state index in [1.165, 1.54) is 0 Å². The van der Waals surface area contributed by atoms with Crippen molar-refractivity contribution < 1.29 is 38.7 Å². The van der Waals surface area contributed by atoms with Crippen molar-refractivity contribution >= 4 is 5.97 Å². The molecule has 6 unspecified atom stereocenters. The van der Waals surface area contributed by atoms with Crippen LogP contribution in [0.25, 0.3) is 0 Å². The number of aliphatic hydroxyl groups is 1. The summed E-state index contributed by atoms with van der Waals surface area (Å²) in [5.41, 5.74) is -1.95. The minimum Gasteiger partial charge on any atom is -0.481 e. The molecule has 0 bridgehead atoms. The van der Waals surface area contributed by atoms with Crippen molar-refractivity contribution in [3.05, 3.63) is 0 Å². The molecule has 0 aliphatic carbocycles. The maximum atomic E-state index is 11.6. The lowest BCUT2D eigenvalue weighted by atomic mass is 9.67. The van der Waals surface area contributed by atoms with Crippen LogP contribution in [0.15, 0.2) is 0 Å². The molecule has 0 aromatic heterocycles. The third-order valence-corrected chi connectivity index (χ3v) is 5.56. The molecule has 6 atom stereocenters. The SMILES string of the molecule is CC(C)(C(=O)O)C(C)(C)C1OC(CO)C2OC3OCOC3C2O1. The molecule has 3 rings (SSSR count). The van der Waals surface area contributed by atoms with Crippen molar-refractivity contribution in [1.29, 1.82) is 0 Å². The van der Waals surface area contributed by atoms with Crippen LogP contribution in [0.4, 0.5) is 0 Å². The second kappa shape index (κ2) is 5.65. The van der Waals surface area contributed by atoms with E-state index in [0.717, 1.165) is 0 Å². The van der Waals surface area contributed by atoms with Gasteiger partial charge in [0, 0.05) is 5.41 Å². The molecule has 132 valence electrons. The maximum absolute atomic E-state index is 11.6. The van der Waals surface area contributed by atoms with Crippen molar-refractivity contribution in [3.8, 4) is 0 Å². The summed E-state index contributed by atoms with van der Waals surface area (Å²) in [6, 6.07) is 0. The number of rotatable bonds is 4. The average Bonchev–Trinajstić information content (AvgIpc) is 3.06. The highest BCUT2D eigenvalue weighted by Gasteiger charge is 2.60. The summed E-state index contributed by atoms with van der Waals surface area (Å²) in [4.78, 5) is 11.6. The number of hydrogen-bond acceptors (Lipinski definition) is 7. The van der Waals surface area contributed by atoms with Crippen LogP contribution in [0.3, 0.4) is 0 Å². The molecule has 3 aliphatic rings. The summed E-state index contributed by atoms with van der Waals surface area (Å²) in [6.45, 7) is 6.68. The molecular weight excluding hydrogens is 308 g/mol. The number of ether oxygens (including phenoxy) is 5. The van der Waals surface area contributed by atoms with Crippen LogP contribution in [0.2, 0.25) is 0 Å². The minimum absolute atomic E-state index is 0.126. The van der Waals surface area contributed by atoms with Gasteiger partial charge in [-0.3, -0.25) is 4.79 Å². The van der Waals surface area contributed by atoms with Gasteiger partial charge in [0.15, 0.2) is 19.4 Å². The molecule has 3 fully saturated rings. The molecule has 3 aliphatic heterocycles. The van der Waals surface area contributed by atoms with E-state index >= 15 is 0 Å². The van der Waals surface area contributed by atoms with Gasteiger partial charge in [-0.15, -0.1) is 0 Å². The van der Waals surface area contributed by atoms with E-state index in [1.54, 1.807) is 27.7 Å². The number of fused-ring (bicyclic) bond motifs is 3. The molecule has 0 radical (unpaired) electrons. The van der Waals surface area contributed by atoms with Crippen molar-refractivity contribution in [2.75, 3.05) is 13.4 Å². The molecule has 8 nitrogen and oxygen atoms in total. The van der Waals surface area contributed by atoms with Gasteiger partial charge in [0.25, 0.3) is 0 Å². The largest absolute Gasteiger partial charge is 0.481 e. The fourth-order valence-corrected chi connectivity index (χ4v) is 3.07. The highest BCUT2D eigenvalue weighted by atomic mass is 16.8. The van der Waals surface area contributed by atoms with Gasteiger partial charge in [0.1, 0.15) is 24.4 Å². The zero-order chi connectivity index (χ0) is 17.0. The van der Waals surface area contributed by atoms with E-state index in [0.29, 0.717) is 0 Å². The lowest BCUT2D eigenvalue weighted by molar-refractivity contribution is -0.333. The molecule has 0 amide bonds. The first kappa shape index (κ1) is 17.1. The Morgan fingerprint density at radius 3 is 2.35 bits per heavy atom. The second-order valence-electron chi connectivity index (χ2n) is 7.33. The van der Waals surface area contributed by atoms with Crippen molar-refractivity contribution in [2.24, 2.45) is 10.8 Å². The number of aliphatic hydroxyl groups excluding tert-OH is 1. The Balaban J connectivity index is 1.86. The Kier molecular flexibility index (Phi) is 4.19. The summed E-state index contributed by atoms with van der Waals surface area (Å²) in [5, 5.41) is 19.2. The molecule has 0 aromatic carbocycles. The third kappa shape index (κ3) is 2.48. The topological polar surface area (TPSA) is 104 Å². The number of carbonyl (C=O) groups is 1. The van der Waals surface area contributed by atoms with Crippen molar-refractivity contribution in [1.82, 2.24) is 0 Å². The van der Waals surface area contributed by atoms with Crippen LogP contribution in [0, 0.1) is 10.8 Å². The van der Waals surface area contributed by atoms with Crippen molar-refractivity contribution in [3.63, 3.8) is 0 Å². The highest BCUT2D eigenvalue weighted by molar-refractivity contribution is 5.74. The first-order chi connectivity index (χ1) is 10.7. The summed E-state index contributed by atoms with van der Waals surface area (Å²) < 4.78 is 28.4. The summed E-state index contributed by atoms with van der Waals surface area (Å²) in [6.07, 6.45) is -3.36. The lowest BCUT2D eigenvalue weighted by Gasteiger charge is -2.49. The van der Waals surface area contributed by atoms with Gasteiger partial charge >= 0.3 is 5.97 Å². The maximum Gasteiger partial charge on any atom is 0.309 e. The fraction of sp³-hybridized carbons (Fsp3) is 0.933. The predicted molar refractivity (Wildman–Crippen MR) is 75.3 cm³/mol. The standard InChI is InChI=1S/C15H24O8/c1-14(2,12(17)18)15(3,4)13-21-7(5-16)8-9(23-13)10-11(22-8)20-6-19-10/h7-11,13,16H,5-6H2,1-4H3,(H,17,18). The van der Waals surface area contributed by atoms with Gasteiger partial charge in [0.2, 0.25) is 0 Å². The first-order valence-electron chi connectivity index (χ1n) is 7.74. The average molecular weight is 332 g/mol. The van der Waals surface area contributed by atoms with Crippen LogP contribution in [-0.2, 0) is 28.5 Å². The lowest BCUT2D eigenvalue weighted by Crippen LogP contribution is -2.59. The zero-order valence-corrected chi connectivity index (χ0v) is 13.7. The quantitative estimate of drug-likeness (QED) is 0.759. The summed E-state index contributed by atoms with van der Waals surface area (Å²) >= 11 is 0. The zero-order valence-electron chi connectivity index (χ0n) is 13.7. The number of hydrogen-bond donors (Lipinski definition) is 2. The van der Waals surface area contributed by atoms with E-state index in [9.17, 15) is 15.0 Å². The Morgan fingerprint density at radius 2 is 1.74 bits per heavy atom. The van der Waals surface area contributed by atoms with Gasteiger partial charge in [0.05, 0.1) is 12.0 Å². The van der Waals surface area contributed by atoms with Gasteiger partial charge in [-0.25, -0.2) is 0 Å². The van der Waals surface area contributed by atoms with Gasteiger partial charge in [-0.1, -0.05) is 13.8 Å². The van der Waals surface area contributed by atoms with Crippen LogP contribution >= 0.6 is 0 Å². The molecule has 8 heteroatoms. The normalized spacial score (nSPS) is 40.7. The summed E-state index contributed by atoms with van der Waals surface area (Å²) in [7, 11) is 0. The molecule has 2 N–H and O–H groups in total.